The van der Waals surface area contributed by atoms with Crippen molar-refractivity contribution in [2.45, 2.75) is 62.0 Å². The maximum absolute atomic E-state index is 6.41. The summed E-state index contributed by atoms with van der Waals surface area (Å²) in [5, 5.41) is 1.59. The van der Waals surface area contributed by atoms with Crippen molar-refractivity contribution in [2.24, 2.45) is 5.73 Å². The third kappa shape index (κ3) is 3.38. The van der Waals surface area contributed by atoms with Crippen LogP contribution in [0, 0.1) is 0 Å². The second-order valence-corrected chi connectivity index (χ2v) is 7.72. The molecule has 0 amide bonds. The van der Waals surface area contributed by atoms with Gasteiger partial charge in [0.25, 0.3) is 0 Å². The molecule has 0 radical (unpaired) electrons. The lowest BCUT2D eigenvalue weighted by Gasteiger charge is -2.36. The Morgan fingerprint density at radius 1 is 1.19 bits per heavy atom. The summed E-state index contributed by atoms with van der Waals surface area (Å²) in [5.74, 6) is 0. The second kappa shape index (κ2) is 5.28. The zero-order chi connectivity index (χ0) is 11.6. The Labute approximate surface area is 104 Å². The Hall–Kier alpha value is 0.270. The average molecular weight is 242 g/mol. The Balaban J connectivity index is 1.76. The first-order valence-corrected chi connectivity index (χ1v) is 7.68. The molecule has 2 N–H and O–H groups in total. The van der Waals surface area contributed by atoms with E-state index in [4.69, 9.17) is 5.73 Å². The van der Waals surface area contributed by atoms with E-state index in [0.29, 0.717) is 0 Å². The van der Waals surface area contributed by atoms with Crippen molar-refractivity contribution in [3.8, 4) is 0 Å². The molecule has 1 heterocycles. The Kier molecular flexibility index (Phi) is 4.20. The van der Waals surface area contributed by atoms with Crippen LogP contribution in [-0.4, -0.2) is 40.6 Å². The Bertz CT molecular complexity index is 216. The molecule has 3 heteroatoms. The van der Waals surface area contributed by atoms with Crippen LogP contribution in [0.4, 0.5) is 0 Å². The monoisotopic (exact) mass is 242 g/mol. The lowest BCUT2D eigenvalue weighted by Crippen LogP contribution is -2.45. The minimum atomic E-state index is 0.178. The van der Waals surface area contributed by atoms with Crippen LogP contribution in [0.1, 0.15) is 46.0 Å². The van der Waals surface area contributed by atoms with Gasteiger partial charge in [-0.15, -0.1) is 0 Å². The summed E-state index contributed by atoms with van der Waals surface area (Å²) < 4.78 is 0. The topological polar surface area (TPSA) is 29.3 Å². The van der Waals surface area contributed by atoms with Gasteiger partial charge in [-0.2, -0.15) is 11.8 Å². The first-order valence-electron chi connectivity index (χ1n) is 6.74. The van der Waals surface area contributed by atoms with Gasteiger partial charge in [0.1, 0.15) is 0 Å². The highest BCUT2D eigenvalue weighted by molar-refractivity contribution is 8.00. The third-order valence-corrected chi connectivity index (χ3v) is 5.25. The summed E-state index contributed by atoms with van der Waals surface area (Å²) in [7, 11) is 0. The highest BCUT2D eigenvalue weighted by Gasteiger charge is 2.30. The molecule has 2 nitrogen and oxygen atoms in total. The molecule has 1 aliphatic heterocycles. The third-order valence-electron chi connectivity index (χ3n) is 4.02. The Morgan fingerprint density at radius 2 is 1.75 bits per heavy atom. The van der Waals surface area contributed by atoms with Gasteiger partial charge in [0.15, 0.2) is 0 Å². The summed E-state index contributed by atoms with van der Waals surface area (Å²) in [6.45, 7) is 8.42. The Morgan fingerprint density at radius 3 is 2.31 bits per heavy atom. The van der Waals surface area contributed by atoms with Gasteiger partial charge in [-0.3, -0.25) is 0 Å². The largest absolute Gasteiger partial charge is 0.325 e. The number of hydrogen-bond donors (Lipinski definition) is 1. The van der Waals surface area contributed by atoms with Crippen molar-refractivity contribution in [2.75, 3.05) is 19.6 Å². The summed E-state index contributed by atoms with van der Waals surface area (Å²) in [5.41, 5.74) is 6.59. The fourth-order valence-electron chi connectivity index (χ4n) is 3.18. The molecule has 0 bridgehead atoms. The lowest BCUT2D eigenvalue weighted by atomic mass is 9.94. The smallest absolute Gasteiger partial charge is 0.0166 e. The molecule has 16 heavy (non-hydrogen) atoms. The molecular formula is C13H26N2S. The fraction of sp³-hybridized carbons (Fsp3) is 1.00. The van der Waals surface area contributed by atoms with Crippen LogP contribution >= 0.6 is 11.8 Å². The highest BCUT2D eigenvalue weighted by Crippen LogP contribution is 2.31. The number of nitrogens with zero attached hydrogens (tertiary/aromatic N) is 1. The van der Waals surface area contributed by atoms with E-state index in [2.05, 4.69) is 30.5 Å². The molecular weight excluding hydrogens is 216 g/mol. The molecule has 0 aromatic heterocycles. The summed E-state index contributed by atoms with van der Waals surface area (Å²) in [6.07, 6.45) is 6.40. The van der Waals surface area contributed by atoms with Gasteiger partial charge in [0.05, 0.1) is 0 Å². The molecule has 2 rings (SSSR count). The van der Waals surface area contributed by atoms with E-state index in [1.54, 1.807) is 0 Å². The van der Waals surface area contributed by atoms with Crippen LogP contribution in [0.2, 0.25) is 0 Å². The zero-order valence-corrected chi connectivity index (χ0v) is 11.6. The van der Waals surface area contributed by atoms with Crippen molar-refractivity contribution in [1.82, 2.24) is 4.90 Å². The van der Waals surface area contributed by atoms with E-state index in [-0.39, 0.29) is 5.54 Å². The molecule has 2 aliphatic rings. The van der Waals surface area contributed by atoms with E-state index in [1.807, 2.05) is 0 Å². The van der Waals surface area contributed by atoms with Crippen LogP contribution < -0.4 is 5.73 Å². The molecule has 1 aliphatic carbocycles. The molecule has 94 valence electrons. The average Bonchev–Trinajstić information content (AvgIpc) is 2.62. The van der Waals surface area contributed by atoms with Gasteiger partial charge in [0, 0.05) is 29.1 Å². The maximum Gasteiger partial charge on any atom is 0.0166 e. The molecule has 0 spiro atoms. The standard InChI is InChI=1S/C13H26N2S/c1-11-9-15(10-12(2)16-11)8-7-13(14)5-3-4-6-13/h11-12H,3-10,14H2,1-2H3. The molecule has 1 saturated carbocycles. The number of nitrogens with two attached hydrogens (primary N) is 1. The molecule has 1 saturated heterocycles. The van der Waals surface area contributed by atoms with Crippen LogP contribution in [0.3, 0.4) is 0 Å². The fourth-order valence-corrected chi connectivity index (χ4v) is 4.56. The predicted molar refractivity (Wildman–Crippen MR) is 73.0 cm³/mol. The first-order chi connectivity index (χ1) is 7.57. The van der Waals surface area contributed by atoms with E-state index < -0.39 is 0 Å². The van der Waals surface area contributed by atoms with Crippen LogP contribution in [-0.2, 0) is 0 Å². The van der Waals surface area contributed by atoms with Gasteiger partial charge in [0.2, 0.25) is 0 Å². The number of rotatable bonds is 3. The van der Waals surface area contributed by atoms with Crippen molar-refractivity contribution in [3.63, 3.8) is 0 Å². The van der Waals surface area contributed by atoms with Crippen molar-refractivity contribution in [1.29, 1.82) is 0 Å². The van der Waals surface area contributed by atoms with Crippen LogP contribution in [0.25, 0.3) is 0 Å². The van der Waals surface area contributed by atoms with Crippen LogP contribution in [0.5, 0.6) is 0 Å². The SMILES string of the molecule is CC1CN(CCC2(N)CCCC2)CC(C)S1. The number of thioether (sulfide) groups is 1. The molecule has 2 unspecified atom stereocenters. The quantitative estimate of drug-likeness (QED) is 0.824. The van der Waals surface area contributed by atoms with Gasteiger partial charge < -0.3 is 10.6 Å². The summed E-state index contributed by atoms with van der Waals surface area (Å²) in [6, 6.07) is 0. The minimum absolute atomic E-state index is 0.178. The molecule has 2 fully saturated rings. The maximum atomic E-state index is 6.41. The molecule has 2 atom stereocenters. The summed E-state index contributed by atoms with van der Waals surface area (Å²) >= 11 is 2.13. The van der Waals surface area contributed by atoms with Crippen molar-refractivity contribution in [3.05, 3.63) is 0 Å². The van der Waals surface area contributed by atoms with Gasteiger partial charge in [-0.05, 0) is 25.8 Å². The predicted octanol–water partition coefficient (Wildman–Crippen LogP) is 2.47. The van der Waals surface area contributed by atoms with Gasteiger partial charge in [-0.25, -0.2) is 0 Å². The minimum Gasteiger partial charge on any atom is -0.325 e. The van der Waals surface area contributed by atoms with E-state index in [9.17, 15) is 0 Å². The van der Waals surface area contributed by atoms with E-state index in [1.165, 1.54) is 51.7 Å². The zero-order valence-electron chi connectivity index (χ0n) is 10.7. The van der Waals surface area contributed by atoms with Gasteiger partial charge >= 0.3 is 0 Å². The number of hydrogen-bond acceptors (Lipinski definition) is 3. The molecule has 0 aromatic carbocycles. The lowest BCUT2D eigenvalue weighted by molar-refractivity contribution is 0.236. The normalized spacial score (nSPS) is 35.4. The van der Waals surface area contributed by atoms with E-state index in [0.717, 1.165) is 10.5 Å². The summed E-state index contributed by atoms with van der Waals surface area (Å²) in [4.78, 5) is 2.62. The van der Waals surface area contributed by atoms with Crippen molar-refractivity contribution >= 4 is 11.8 Å². The first kappa shape index (κ1) is 12.7. The second-order valence-electron chi connectivity index (χ2n) is 5.84. The van der Waals surface area contributed by atoms with Crippen LogP contribution in [0.15, 0.2) is 0 Å². The highest BCUT2D eigenvalue weighted by atomic mass is 32.2. The molecule has 0 aromatic rings. The van der Waals surface area contributed by atoms with E-state index >= 15 is 0 Å². The van der Waals surface area contributed by atoms with Crippen molar-refractivity contribution < 1.29 is 0 Å². The van der Waals surface area contributed by atoms with Gasteiger partial charge in [-0.1, -0.05) is 26.7 Å².